The summed E-state index contributed by atoms with van der Waals surface area (Å²) >= 11 is 1.26. The van der Waals surface area contributed by atoms with Crippen molar-refractivity contribution in [3.8, 4) is 0 Å². The highest BCUT2D eigenvalue weighted by Crippen LogP contribution is 2.43. The summed E-state index contributed by atoms with van der Waals surface area (Å²) in [5.41, 5.74) is 0.687. The van der Waals surface area contributed by atoms with Gasteiger partial charge in [0.1, 0.15) is 10.7 Å². The number of rotatable bonds is 4. The van der Waals surface area contributed by atoms with Gasteiger partial charge < -0.3 is 5.32 Å². The van der Waals surface area contributed by atoms with Crippen LogP contribution in [0.2, 0.25) is 0 Å². The molecule has 2 amide bonds. The molecule has 1 aromatic rings. The molecule has 108 valence electrons. The molecule has 2 fully saturated rings. The number of carbonyl (C=O) groups excluding carboxylic acids is 2. The van der Waals surface area contributed by atoms with Crippen LogP contribution < -0.4 is 5.32 Å². The topological polar surface area (TPSA) is 75.2 Å². The minimum absolute atomic E-state index is 0.0280. The van der Waals surface area contributed by atoms with Gasteiger partial charge in [0.15, 0.2) is 0 Å². The number of nitrogens with zero attached hydrogens (tertiary/aromatic N) is 3. The van der Waals surface area contributed by atoms with Crippen molar-refractivity contribution in [3.05, 3.63) is 5.69 Å². The maximum Gasteiger partial charge on any atom is 0.233 e. The minimum atomic E-state index is -0.105. The fourth-order valence-electron chi connectivity index (χ4n) is 3.26. The van der Waals surface area contributed by atoms with E-state index in [9.17, 15) is 9.59 Å². The van der Waals surface area contributed by atoms with Crippen molar-refractivity contribution >= 4 is 28.3 Å². The molecule has 6 nitrogen and oxygen atoms in total. The van der Waals surface area contributed by atoms with Crippen LogP contribution in [-0.4, -0.2) is 32.8 Å². The Hall–Kier alpha value is -1.50. The monoisotopic (exact) mass is 294 g/mol. The number of amides is 2. The highest BCUT2D eigenvalue weighted by molar-refractivity contribution is 7.10. The van der Waals surface area contributed by atoms with Gasteiger partial charge in [-0.2, -0.15) is 0 Å². The van der Waals surface area contributed by atoms with E-state index in [2.05, 4.69) is 21.8 Å². The first-order chi connectivity index (χ1) is 9.61. The Morgan fingerprint density at radius 1 is 1.30 bits per heavy atom. The Balaban J connectivity index is 1.77. The van der Waals surface area contributed by atoms with E-state index < -0.39 is 0 Å². The molecule has 2 heterocycles. The van der Waals surface area contributed by atoms with Crippen LogP contribution in [-0.2, 0) is 16.1 Å². The Kier molecular flexibility index (Phi) is 3.45. The lowest BCUT2D eigenvalue weighted by Crippen LogP contribution is -2.32. The maximum atomic E-state index is 12.4. The van der Waals surface area contributed by atoms with Gasteiger partial charge in [-0.3, -0.25) is 14.5 Å². The second kappa shape index (κ2) is 5.12. The van der Waals surface area contributed by atoms with Crippen LogP contribution >= 0.6 is 11.5 Å². The van der Waals surface area contributed by atoms with E-state index in [0.717, 1.165) is 24.4 Å². The highest BCUT2D eigenvalue weighted by atomic mass is 32.1. The molecular weight excluding hydrogens is 276 g/mol. The zero-order valence-corrected chi connectivity index (χ0v) is 12.4. The summed E-state index contributed by atoms with van der Waals surface area (Å²) in [6.07, 6.45) is 1.67. The van der Waals surface area contributed by atoms with Crippen molar-refractivity contribution in [2.75, 3.05) is 11.9 Å². The van der Waals surface area contributed by atoms with Gasteiger partial charge in [0.25, 0.3) is 0 Å². The van der Waals surface area contributed by atoms with Crippen molar-refractivity contribution in [2.24, 2.45) is 17.8 Å². The molecule has 0 spiro atoms. The van der Waals surface area contributed by atoms with Crippen LogP contribution in [0.15, 0.2) is 0 Å². The summed E-state index contributed by atoms with van der Waals surface area (Å²) in [6.45, 7) is 5.11. The van der Waals surface area contributed by atoms with Gasteiger partial charge in [-0.1, -0.05) is 11.4 Å². The number of hydrogen-bond donors (Lipinski definition) is 1. The van der Waals surface area contributed by atoms with Crippen molar-refractivity contribution < 1.29 is 9.59 Å². The lowest BCUT2D eigenvalue weighted by Gasteiger charge is -2.16. The van der Waals surface area contributed by atoms with Crippen LogP contribution in [0.5, 0.6) is 0 Å². The van der Waals surface area contributed by atoms with Crippen molar-refractivity contribution in [1.82, 2.24) is 14.5 Å². The Labute approximate surface area is 121 Å². The van der Waals surface area contributed by atoms with Crippen LogP contribution in [0.1, 0.15) is 32.4 Å². The summed E-state index contributed by atoms with van der Waals surface area (Å²) in [4.78, 5) is 26.1. The number of fused-ring (bicyclic) bond motifs is 1. The first kappa shape index (κ1) is 13.5. The number of anilines is 1. The highest BCUT2D eigenvalue weighted by Gasteiger charge is 2.51. The number of nitrogens with one attached hydrogen (secondary N) is 1. The maximum absolute atomic E-state index is 12.4. The molecule has 1 saturated carbocycles. The summed E-state index contributed by atoms with van der Waals surface area (Å²) < 4.78 is 3.90. The fraction of sp³-hybridized carbons (Fsp3) is 0.692. The summed E-state index contributed by atoms with van der Waals surface area (Å²) in [7, 11) is 0. The Morgan fingerprint density at radius 3 is 2.55 bits per heavy atom. The van der Waals surface area contributed by atoms with Crippen molar-refractivity contribution in [3.63, 3.8) is 0 Å². The van der Waals surface area contributed by atoms with E-state index in [1.54, 1.807) is 0 Å². The molecule has 1 N–H and O–H groups in total. The molecule has 0 aromatic carbocycles. The van der Waals surface area contributed by atoms with E-state index in [-0.39, 0.29) is 30.2 Å². The number of hydrogen-bond acceptors (Lipinski definition) is 6. The molecule has 0 radical (unpaired) electrons. The standard InChI is InChI=1S/C13H18N4O2S/c1-3-14-11-10(15-16-20-11)6-17-12(18)8-4-7(2)5-9(8)13(17)19/h7-9,14H,3-6H2,1-2H3. The van der Waals surface area contributed by atoms with Crippen LogP contribution in [0.3, 0.4) is 0 Å². The van der Waals surface area contributed by atoms with E-state index in [1.807, 2.05) is 6.92 Å². The number of imide groups is 1. The predicted octanol–water partition coefficient (Wildman–Crippen LogP) is 1.50. The lowest BCUT2D eigenvalue weighted by atomic mass is 10.00. The largest absolute Gasteiger partial charge is 0.374 e. The molecule has 1 aliphatic heterocycles. The van der Waals surface area contributed by atoms with Gasteiger partial charge >= 0.3 is 0 Å². The van der Waals surface area contributed by atoms with Crippen molar-refractivity contribution in [1.29, 1.82) is 0 Å². The number of carbonyl (C=O) groups is 2. The van der Waals surface area contributed by atoms with E-state index in [4.69, 9.17) is 0 Å². The molecule has 1 saturated heterocycles. The second-order valence-corrected chi connectivity index (χ2v) is 6.39. The first-order valence-corrected chi connectivity index (χ1v) is 7.79. The molecule has 3 rings (SSSR count). The molecular formula is C13H18N4O2S. The molecule has 1 aliphatic carbocycles. The smallest absolute Gasteiger partial charge is 0.233 e. The zero-order chi connectivity index (χ0) is 14.3. The summed E-state index contributed by atoms with van der Waals surface area (Å²) in [5.74, 6) is 0.205. The van der Waals surface area contributed by atoms with Gasteiger partial charge in [-0.15, -0.1) is 5.10 Å². The fourth-order valence-corrected chi connectivity index (χ4v) is 3.90. The summed E-state index contributed by atoms with van der Waals surface area (Å²) in [5, 5.41) is 8.04. The Bertz CT molecular complexity index is 520. The second-order valence-electron chi connectivity index (χ2n) is 5.63. The van der Waals surface area contributed by atoms with Gasteiger partial charge in [0.05, 0.1) is 18.4 Å². The van der Waals surface area contributed by atoms with Gasteiger partial charge in [0.2, 0.25) is 11.8 Å². The molecule has 2 unspecified atom stereocenters. The van der Waals surface area contributed by atoms with Crippen LogP contribution in [0, 0.1) is 17.8 Å². The summed E-state index contributed by atoms with van der Waals surface area (Å²) in [6, 6.07) is 0. The van der Waals surface area contributed by atoms with Gasteiger partial charge in [0, 0.05) is 18.1 Å². The van der Waals surface area contributed by atoms with E-state index in [1.165, 1.54) is 16.4 Å². The third kappa shape index (κ3) is 2.09. The average Bonchev–Trinajstić information content (AvgIpc) is 3.06. The third-order valence-corrected chi connectivity index (χ3v) is 4.89. The molecule has 2 atom stereocenters. The van der Waals surface area contributed by atoms with Crippen LogP contribution in [0.4, 0.5) is 5.00 Å². The zero-order valence-electron chi connectivity index (χ0n) is 11.6. The molecule has 7 heteroatoms. The molecule has 2 aliphatic rings. The molecule has 0 bridgehead atoms. The van der Waals surface area contributed by atoms with Gasteiger partial charge in [-0.25, -0.2) is 0 Å². The average molecular weight is 294 g/mol. The number of aromatic nitrogens is 2. The van der Waals surface area contributed by atoms with Crippen LogP contribution in [0.25, 0.3) is 0 Å². The predicted molar refractivity (Wildman–Crippen MR) is 75.0 cm³/mol. The lowest BCUT2D eigenvalue weighted by molar-refractivity contribution is -0.141. The number of likely N-dealkylation sites (tertiary alicyclic amines) is 1. The third-order valence-electron chi connectivity index (χ3n) is 4.17. The van der Waals surface area contributed by atoms with Gasteiger partial charge in [-0.05, 0) is 25.7 Å². The quantitative estimate of drug-likeness (QED) is 0.852. The minimum Gasteiger partial charge on any atom is -0.374 e. The van der Waals surface area contributed by atoms with E-state index in [0.29, 0.717) is 11.6 Å². The molecule has 1 aromatic heterocycles. The van der Waals surface area contributed by atoms with Crippen molar-refractivity contribution in [2.45, 2.75) is 33.2 Å². The Morgan fingerprint density at radius 2 is 1.95 bits per heavy atom. The SMILES string of the molecule is CCNc1snnc1CN1C(=O)C2CC(C)CC2C1=O. The normalized spacial score (nSPS) is 29.1. The molecule has 20 heavy (non-hydrogen) atoms. The van der Waals surface area contributed by atoms with E-state index >= 15 is 0 Å². The first-order valence-electron chi connectivity index (χ1n) is 7.02.